The molecular weight excluding hydrogens is 230 g/mol. The molecule has 0 bridgehead atoms. The van der Waals surface area contributed by atoms with Crippen LogP contribution in [0.3, 0.4) is 0 Å². The van der Waals surface area contributed by atoms with E-state index in [1.807, 2.05) is 17.1 Å². The highest BCUT2D eigenvalue weighted by molar-refractivity contribution is 5.39. The Kier molecular flexibility index (Phi) is 5.01. The zero-order valence-corrected chi connectivity index (χ0v) is 11.3. The smallest absolute Gasteiger partial charge is 0.0772 e. The number of aromatic nitrogens is 2. The number of hydrogen-bond acceptors (Lipinski definition) is 4. The number of methoxy groups -OCH3 is 2. The Morgan fingerprint density at radius 2 is 2.22 bits per heavy atom. The molecule has 1 aromatic heterocycles. The molecule has 1 saturated carbocycles. The molecule has 18 heavy (non-hydrogen) atoms. The molecule has 2 rings (SSSR count). The Morgan fingerprint density at radius 1 is 1.39 bits per heavy atom. The zero-order valence-electron chi connectivity index (χ0n) is 11.3. The number of ether oxygens (including phenoxy) is 2. The molecule has 5 heteroatoms. The van der Waals surface area contributed by atoms with Crippen molar-refractivity contribution in [2.75, 3.05) is 26.1 Å². The van der Waals surface area contributed by atoms with E-state index in [4.69, 9.17) is 9.47 Å². The second-order valence-electron chi connectivity index (χ2n) is 4.79. The van der Waals surface area contributed by atoms with E-state index in [-0.39, 0.29) is 0 Å². The van der Waals surface area contributed by atoms with Gasteiger partial charge < -0.3 is 14.8 Å². The van der Waals surface area contributed by atoms with E-state index in [9.17, 15) is 0 Å². The van der Waals surface area contributed by atoms with Gasteiger partial charge in [0.15, 0.2) is 0 Å². The second kappa shape index (κ2) is 6.75. The number of nitrogens with zero attached hydrogens (tertiary/aromatic N) is 2. The average Bonchev–Trinajstić information content (AvgIpc) is 2.84. The molecule has 1 aliphatic rings. The van der Waals surface area contributed by atoms with Gasteiger partial charge in [0.05, 0.1) is 37.2 Å². The Labute approximate surface area is 108 Å². The number of anilines is 1. The van der Waals surface area contributed by atoms with E-state index in [0.717, 1.165) is 18.7 Å². The van der Waals surface area contributed by atoms with Crippen molar-refractivity contribution in [1.82, 2.24) is 9.78 Å². The summed E-state index contributed by atoms with van der Waals surface area (Å²) in [6.07, 6.45) is 9.07. The van der Waals surface area contributed by atoms with Gasteiger partial charge >= 0.3 is 0 Å². The molecule has 0 amide bonds. The lowest BCUT2D eigenvalue weighted by Gasteiger charge is -2.31. The van der Waals surface area contributed by atoms with E-state index in [0.29, 0.717) is 18.8 Å². The fourth-order valence-electron chi connectivity index (χ4n) is 2.50. The van der Waals surface area contributed by atoms with Crippen LogP contribution in [0.5, 0.6) is 0 Å². The number of hydrogen-bond donors (Lipinski definition) is 1. The summed E-state index contributed by atoms with van der Waals surface area (Å²) in [6, 6.07) is 0.406. The molecule has 5 nitrogen and oxygen atoms in total. The van der Waals surface area contributed by atoms with Crippen LogP contribution in [0.4, 0.5) is 5.69 Å². The second-order valence-corrected chi connectivity index (χ2v) is 4.79. The zero-order chi connectivity index (χ0) is 12.8. The van der Waals surface area contributed by atoms with Crippen molar-refractivity contribution in [2.45, 2.75) is 44.4 Å². The van der Waals surface area contributed by atoms with Gasteiger partial charge in [0.25, 0.3) is 0 Å². The summed E-state index contributed by atoms with van der Waals surface area (Å²) in [7, 11) is 3.50. The van der Waals surface area contributed by atoms with Crippen LogP contribution in [-0.4, -0.2) is 42.8 Å². The van der Waals surface area contributed by atoms with Gasteiger partial charge in [-0.15, -0.1) is 0 Å². The van der Waals surface area contributed by atoms with Crippen LogP contribution in [-0.2, 0) is 16.0 Å². The summed E-state index contributed by atoms with van der Waals surface area (Å²) in [5.74, 6) is 0. The molecule has 1 N–H and O–H groups in total. The van der Waals surface area contributed by atoms with E-state index >= 15 is 0 Å². The molecule has 1 aromatic rings. The largest absolute Gasteiger partial charge is 0.383 e. The van der Waals surface area contributed by atoms with Gasteiger partial charge in [-0.2, -0.15) is 5.10 Å². The topological polar surface area (TPSA) is 48.3 Å². The van der Waals surface area contributed by atoms with Crippen LogP contribution in [0.1, 0.15) is 25.7 Å². The van der Waals surface area contributed by atoms with Gasteiger partial charge in [0.1, 0.15) is 0 Å². The quantitative estimate of drug-likeness (QED) is 0.841. The third kappa shape index (κ3) is 3.46. The predicted molar refractivity (Wildman–Crippen MR) is 70.8 cm³/mol. The minimum absolute atomic E-state index is 0.320. The van der Waals surface area contributed by atoms with Crippen LogP contribution in [0.15, 0.2) is 12.4 Å². The minimum Gasteiger partial charge on any atom is -0.383 e. The molecule has 1 fully saturated rings. The lowest BCUT2D eigenvalue weighted by Crippen LogP contribution is -2.37. The first-order valence-electron chi connectivity index (χ1n) is 6.64. The normalized spacial score (nSPS) is 24.1. The summed E-state index contributed by atoms with van der Waals surface area (Å²) in [5, 5.41) is 7.83. The molecule has 0 radical (unpaired) electrons. The number of rotatable bonds is 6. The molecule has 2 unspecified atom stereocenters. The first-order chi connectivity index (χ1) is 8.83. The Hall–Kier alpha value is -1.07. The van der Waals surface area contributed by atoms with E-state index in [1.165, 1.54) is 19.3 Å². The van der Waals surface area contributed by atoms with Crippen molar-refractivity contribution in [2.24, 2.45) is 0 Å². The van der Waals surface area contributed by atoms with Crippen LogP contribution in [0.2, 0.25) is 0 Å². The molecule has 1 aliphatic carbocycles. The molecule has 0 saturated heterocycles. The lowest BCUT2D eigenvalue weighted by molar-refractivity contribution is 0.0606. The summed E-state index contributed by atoms with van der Waals surface area (Å²) in [6.45, 7) is 1.47. The third-order valence-electron chi connectivity index (χ3n) is 3.52. The number of nitrogens with one attached hydrogen (secondary N) is 1. The van der Waals surface area contributed by atoms with Crippen LogP contribution in [0.25, 0.3) is 0 Å². The average molecular weight is 253 g/mol. The highest BCUT2D eigenvalue weighted by Crippen LogP contribution is 2.23. The van der Waals surface area contributed by atoms with Crippen molar-refractivity contribution >= 4 is 5.69 Å². The van der Waals surface area contributed by atoms with Gasteiger partial charge in [-0.05, 0) is 12.8 Å². The maximum Gasteiger partial charge on any atom is 0.0772 e. The van der Waals surface area contributed by atoms with Crippen LogP contribution in [0, 0.1) is 0 Å². The fraction of sp³-hybridized carbons (Fsp3) is 0.769. The van der Waals surface area contributed by atoms with Crippen LogP contribution < -0.4 is 5.32 Å². The molecule has 1 heterocycles. The first-order valence-corrected chi connectivity index (χ1v) is 6.64. The van der Waals surface area contributed by atoms with E-state index in [2.05, 4.69) is 10.4 Å². The monoisotopic (exact) mass is 253 g/mol. The summed E-state index contributed by atoms with van der Waals surface area (Å²) in [4.78, 5) is 0. The summed E-state index contributed by atoms with van der Waals surface area (Å²) in [5.41, 5.74) is 1.07. The molecule has 0 aromatic carbocycles. The molecule has 102 valence electrons. The summed E-state index contributed by atoms with van der Waals surface area (Å²) >= 11 is 0. The highest BCUT2D eigenvalue weighted by atomic mass is 16.5. The first kappa shape index (κ1) is 13.4. The summed E-state index contributed by atoms with van der Waals surface area (Å²) < 4.78 is 12.5. The van der Waals surface area contributed by atoms with E-state index < -0.39 is 0 Å². The van der Waals surface area contributed by atoms with Crippen molar-refractivity contribution in [1.29, 1.82) is 0 Å². The van der Waals surface area contributed by atoms with Gasteiger partial charge in [0, 0.05) is 20.4 Å². The molecule has 2 atom stereocenters. The van der Waals surface area contributed by atoms with Crippen molar-refractivity contribution in [3.63, 3.8) is 0 Å². The Bertz CT molecular complexity index is 354. The maximum atomic E-state index is 5.54. The van der Waals surface area contributed by atoms with Crippen molar-refractivity contribution < 1.29 is 9.47 Å². The van der Waals surface area contributed by atoms with Gasteiger partial charge in [-0.1, -0.05) is 12.8 Å². The SMILES string of the molecule is COCCn1cc(NC2CCCCC2OC)cn1. The fourth-order valence-corrected chi connectivity index (χ4v) is 2.50. The Morgan fingerprint density at radius 3 is 3.00 bits per heavy atom. The van der Waals surface area contributed by atoms with Crippen molar-refractivity contribution in [3.05, 3.63) is 12.4 Å². The lowest BCUT2D eigenvalue weighted by atomic mass is 9.92. The van der Waals surface area contributed by atoms with Gasteiger partial charge in [-0.25, -0.2) is 0 Å². The third-order valence-corrected chi connectivity index (χ3v) is 3.52. The highest BCUT2D eigenvalue weighted by Gasteiger charge is 2.24. The van der Waals surface area contributed by atoms with Crippen molar-refractivity contribution in [3.8, 4) is 0 Å². The van der Waals surface area contributed by atoms with Gasteiger partial charge in [-0.3, -0.25) is 4.68 Å². The predicted octanol–water partition coefficient (Wildman–Crippen LogP) is 1.90. The molecule has 0 spiro atoms. The van der Waals surface area contributed by atoms with Gasteiger partial charge in [0.2, 0.25) is 0 Å². The molecular formula is C13H23N3O2. The molecule has 0 aliphatic heterocycles. The minimum atomic E-state index is 0.320. The van der Waals surface area contributed by atoms with Crippen LogP contribution >= 0.6 is 0 Å². The van der Waals surface area contributed by atoms with E-state index in [1.54, 1.807) is 14.2 Å². The maximum absolute atomic E-state index is 5.54. The standard InChI is InChI=1S/C13H23N3O2/c1-17-8-7-16-10-11(9-14-16)15-12-5-3-4-6-13(12)18-2/h9-10,12-13,15H,3-8H2,1-2H3. The Balaban J connectivity index is 1.89.